The second kappa shape index (κ2) is 14.6. The SMILES string of the molecule is CC(C)C[C@H](NC(=O)OCC1CN(C(=O)Cc2ccccc2)C1)C(=O)N[C@@H](C[C@H]1CCNC1=O)C(=O)C(O)S(=O)(=O)[O-]. The van der Waals surface area contributed by atoms with Gasteiger partial charge in [0.05, 0.1) is 19.1 Å². The molecular formula is C27H37N4O10S-. The van der Waals surface area contributed by atoms with Crippen molar-refractivity contribution in [3.05, 3.63) is 35.9 Å². The van der Waals surface area contributed by atoms with E-state index in [1.807, 2.05) is 30.3 Å². The summed E-state index contributed by atoms with van der Waals surface area (Å²) < 4.78 is 39.1. The lowest BCUT2D eigenvalue weighted by molar-refractivity contribution is -0.137. The van der Waals surface area contributed by atoms with Gasteiger partial charge in [-0.25, -0.2) is 13.2 Å². The molecule has 232 valence electrons. The first-order valence-corrected chi connectivity index (χ1v) is 15.2. The Hall–Kier alpha value is -3.56. The van der Waals surface area contributed by atoms with Crippen LogP contribution in [0.3, 0.4) is 0 Å². The third-order valence-corrected chi connectivity index (χ3v) is 7.91. The third kappa shape index (κ3) is 9.49. The number of aliphatic hydroxyl groups excluding tert-OH is 1. The van der Waals surface area contributed by atoms with E-state index in [-0.39, 0.29) is 43.6 Å². The Labute approximate surface area is 244 Å². The zero-order valence-corrected chi connectivity index (χ0v) is 24.3. The molecule has 2 aliphatic rings. The number of alkyl carbamates (subject to hydrolysis) is 1. The summed E-state index contributed by atoms with van der Waals surface area (Å²) in [5.41, 5.74) is -2.04. The molecule has 4 amide bonds. The van der Waals surface area contributed by atoms with Gasteiger partial charge in [-0.3, -0.25) is 19.2 Å². The molecule has 2 fully saturated rings. The van der Waals surface area contributed by atoms with E-state index in [0.717, 1.165) is 5.56 Å². The molecule has 15 heteroatoms. The molecule has 0 radical (unpaired) electrons. The van der Waals surface area contributed by atoms with Gasteiger partial charge in [-0.05, 0) is 30.7 Å². The summed E-state index contributed by atoms with van der Waals surface area (Å²) in [4.78, 5) is 64.5. The minimum absolute atomic E-state index is 0.00240. The fraction of sp³-hybridized carbons (Fsp3) is 0.593. The van der Waals surface area contributed by atoms with E-state index >= 15 is 0 Å². The summed E-state index contributed by atoms with van der Waals surface area (Å²) in [6, 6.07) is 6.42. The van der Waals surface area contributed by atoms with Crippen LogP contribution in [0.15, 0.2) is 30.3 Å². The van der Waals surface area contributed by atoms with Crippen molar-refractivity contribution >= 4 is 39.7 Å². The number of aliphatic hydroxyl groups is 1. The van der Waals surface area contributed by atoms with E-state index in [1.165, 1.54) is 0 Å². The van der Waals surface area contributed by atoms with E-state index in [2.05, 4.69) is 16.0 Å². The van der Waals surface area contributed by atoms with Gasteiger partial charge in [0.1, 0.15) is 16.2 Å². The normalized spacial score (nSPS) is 19.3. The van der Waals surface area contributed by atoms with Crippen molar-refractivity contribution in [2.24, 2.45) is 17.8 Å². The van der Waals surface area contributed by atoms with Crippen molar-refractivity contribution in [2.75, 3.05) is 26.2 Å². The smallest absolute Gasteiger partial charge is 0.407 e. The number of amides is 4. The number of benzene rings is 1. The van der Waals surface area contributed by atoms with Gasteiger partial charge < -0.3 is 35.2 Å². The maximum absolute atomic E-state index is 13.1. The zero-order chi connectivity index (χ0) is 31.0. The van der Waals surface area contributed by atoms with Gasteiger partial charge in [0.2, 0.25) is 23.2 Å². The summed E-state index contributed by atoms with van der Waals surface area (Å²) in [5.74, 6) is -3.76. The molecule has 1 unspecified atom stereocenters. The van der Waals surface area contributed by atoms with E-state index in [9.17, 15) is 42.0 Å². The average Bonchev–Trinajstić information content (AvgIpc) is 3.29. The van der Waals surface area contributed by atoms with Crippen molar-refractivity contribution < 1.29 is 46.8 Å². The van der Waals surface area contributed by atoms with Crippen LogP contribution < -0.4 is 16.0 Å². The van der Waals surface area contributed by atoms with Crippen LogP contribution in [0.25, 0.3) is 0 Å². The van der Waals surface area contributed by atoms with Gasteiger partial charge in [0.25, 0.3) is 0 Å². The third-order valence-electron chi connectivity index (χ3n) is 7.13. The van der Waals surface area contributed by atoms with Gasteiger partial charge >= 0.3 is 6.09 Å². The standard InChI is InChI=1S/C27H38N4O10S/c1-16(2)10-21(25(35)29-20(12-19-8-9-28-24(19)34)23(33)26(36)42(38,39)40)30-27(37)41-15-18-13-31(14-18)22(32)11-17-6-4-3-5-7-17/h3-7,16,18-21,26,36H,8-15H2,1-2H3,(H,28,34)(H,29,35)(H,30,37)(H,38,39,40)/p-1/t19-,20+,21+,26?/m1/s1. The number of carbonyl (C=O) groups excluding carboxylic acids is 5. The van der Waals surface area contributed by atoms with E-state index in [4.69, 9.17) is 4.74 Å². The molecule has 1 aromatic rings. The highest BCUT2D eigenvalue weighted by Gasteiger charge is 2.37. The van der Waals surface area contributed by atoms with Gasteiger partial charge in [-0.1, -0.05) is 44.2 Å². The fourth-order valence-electron chi connectivity index (χ4n) is 4.83. The van der Waals surface area contributed by atoms with Gasteiger partial charge in [0.15, 0.2) is 5.78 Å². The Morgan fingerprint density at radius 1 is 1.12 bits per heavy atom. The predicted molar refractivity (Wildman–Crippen MR) is 146 cm³/mol. The minimum atomic E-state index is -5.44. The lowest BCUT2D eigenvalue weighted by atomic mass is 9.95. The number of nitrogens with one attached hydrogen (secondary N) is 3. The molecule has 4 atom stereocenters. The van der Waals surface area contributed by atoms with Crippen LogP contribution in [0.2, 0.25) is 0 Å². The molecule has 14 nitrogen and oxygen atoms in total. The highest BCUT2D eigenvalue weighted by Crippen LogP contribution is 2.20. The quantitative estimate of drug-likeness (QED) is 0.194. The Morgan fingerprint density at radius 3 is 2.36 bits per heavy atom. The Kier molecular flexibility index (Phi) is 11.4. The van der Waals surface area contributed by atoms with Crippen molar-refractivity contribution in [1.29, 1.82) is 0 Å². The Balaban J connectivity index is 1.55. The number of hydrogen-bond acceptors (Lipinski definition) is 10. The molecule has 42 heavy (non-hydrogen) atoms. The summed E-state index contributed by atoms with van der Waals surface area (Å²) in [7, 11) is -5.44. The van der Waals surface area contributed by atoms with Crippen molar-refractivity contribution in [2.45, 2.75) is 57.1 Å². The number of rotatable bonds is 14. The van der Waals surface area contributed by atoms with Crippen molar-refractivity contribution in [3.63, 3.8) is 0 Å². The lowest BCUT2D eigenvalue weighted by Gasteiger charge is -2.39. The number of Topliss-reactive ketones (excluding diaryl/α,β-unsaturated/α-hetero) is 1. The zero-order valence-electron chi connectivity index (χ0n) is 23.5. The monoisotopic (exact) mass is 609 g/mol. The Morgan fingerprint density at radius 2 is 1.79 bits per heavy atom. The highest BCUT2D eigenvalue weighted by atomic mass is 32.2. The molecule has 2 aliphatic heterocycles. The molecule has 0 spiro atoms. The second-order valence-corrected chi connectivity index (χ2v) is 12.5. The molecular weight excluding hydrogens is 572 g/mol. The molecule has 0 bridgehead atoms. The predicted octanol–water partition coefficient (Wildman–Crippen LogP) is -0.728. The largest absolute Gasteiger partial charge is 0.746 e. The highest BCUT2D eigenvalue weighted by molar-refractivity contribution is 7.87. The van der Waals surface area contributed by atoms with Crippen LogP contribution in [-0.2, 0) is 40.5 Å². The average molecular weight is 610 g/mol. The van der Waals surface area contributed by atoms with Gasteiger partial charge in [-0.2, -0.15) is 0 Å². The molecule has 2 heterocycles. The number of nitrogens with zero attached hydrogens (tertiary/aromatic N) is 1. The second-order valence-electron chi connectivity index (χ2n) is 11.1. The van der Waals surface area contributed by atoms with Crippen LogP contribution in [0, 0.1) is 17.8 Å². The molecule has 0 aliphatic carbocycles. The number of hydrogen-bond donors (Lipinski definition) is 4. The van der Waals surface area contributed by atoms with Crippen LogP contribution in [0.5, 0.6) is 0 Å². The Bertz CT molecular complexity index is 1250. The molecule has 3 rings (SSSR count). The van der Waals surface area contributed by atoms with E-state index < -0.39 is 57.2 Å². The topological polar surface area (TPSA) is 211 Å². The summed E-state index contributed by atoms with van der Waals surface area (Å²) >= 11 is 0. The maximum Gasteiger partial charge on any atom is 0.407 e. The van der Waals surface area contributed by atoms with Gasteiger partial charge in [0, 0.05) is 31.5 Å². The maximum atomic E-state index is 13.1. The molecule has 1 aromatic carbocycles. The van der Waals surface area contributed by atoms with Crippen LogP contribution in [-0.4, -0.2) is 96.3 Å². The number of ketones is 1. The number of likely N-dealkylation sites (tertiary alicyclic amines) is 1. The fourth-order valence-corrected chi connectivity index (χ4v) is 5.28. The van der Waals surface area contributed by atoms with Crippen LogP contribution >= 0.6 is 0 Å². The first-order valence-electron chi connectivity index (χ1n) is 13.7. The lowest BCUT2D eigenvalue weighted by Crippen LogP contribution is -2.55. The summed E-state index contributed by atoms with van der Waals surface area (Å²) in [5, 5.41) is 17.1. The minimum Gasteiger partial charge on any atom is -0.746 e. The van der Waals surface area contributed by atoms with E-state index in [1.54, 1.807) is 18.7 Å². The van der Waals surface area contributed by atoms with Crippen LogP contribution in [0.1, 0.15) is 38.7 Å². The first-order chi connectivity index (χ1) is 19.7. The molecule has 4 N–H and O–H groups in total. The van der Waals surface area contributed by atoms with Crippen LogP contribution in [0.4, 0.5) is 4.79 Å². The first kappa shape index (κ1) is 32.9. The summed E-state index contributed by atoms with van der Waals surface area (Å²) in [6.07, 6.45) is -0.574. The van der Waals surface area contributed by atoms with Crippen molar-refractivity contribution in [3.8, 4) is 0 Å². The number of ether oxygens (including phenoxy) is 1. The number of carbonyl (C=O) groups is 5. The van der Waals surface area contributed by atoms with Crippen molar-refractivity contribution in [1.82, 2.24) is 20.9 Å². The molecule has 0 saturated carbocycles. The van der Waals surface area contributed by atoms with Gasteiger partial charge in [-0.15, -0.1) is 0 Å². The summed E-state index contributed by atoms with van der Waals surface area (Å²) in [6.45, 7) is 4.70. The molecule has 2 saturated heterocycles. The van der Waals surface area contributed by atoms with E-state index in [0.29, 0.717) is 26.1 Å². The molecule has 0 aromatic heterocycles.